The third-order valence-corrected chi connectivity index (χ3v) is 12.6. The fourth-order valence-corrected chi connectivity index (χ4v) is 9.07. The molecule has 0 atom stereocenters. The molecule has 2 aliphatic heterocycles. The van der Waals surface area contributed by atoms with E-state index in [1.807, 2.05) is 60.7 Å². The van der Waals surface area contributed by atoms with Crippen molar-refractivity contribution in [1.29, 1.82) is 0 Å². The largest absolute Gasteiger partial charge is 0.497 e. The van der Waals surface area contributed by atoms with Crippen molar-refractivity contribution in [2.75, 3.05) is 53.6 Å². The Hall–Kier alpha value is -8.13. The first-order chi connectivity index (χ1) is 35.4. The second-order valence-corrected chi connectivity index (χ2v) is 18.5. The van der Waals surface area contributed by atoms with E-state index >= 15 is 0 Å². The van der Waals surface area contributed by atoms with Crippen molar-refractivity contribution >= 4 is 37.5 Å². The molecular weight excluding hydrogens is 970 g/mol. The van der Waals surface area contributed by atoms with Gasteiger partial charge < -0.3 is 38.5 Å². The molecule has 74 heavy (non-hydrogen) atoms. The Morgan fingerprint density at radius 2 is 1.18 bits per heavy atom. The van der Waals surface area contributed by atoms with Gasteiger partial charge in [0.2, 0.25) is 17.7 Å². The molecule has 390 valence electrons. The Bertz CT molecular complexity index is 2750. The number of nitrogens with one attached hydrogen (secondary N) is 2. The number of fused-ring (bicyclic) bond motifs is 6. The standard InChI is InChI=1S/C33H36N2O8.C19H18N2O4.C2HF3O/c1-32(2,3)43-30(37)34-19-33(20-34,42-21-36)35(17-22-14-15-23(39-4)16-29(22)40-5)31(38)41-18-28-26-12-8-6-10-24(26)25-11-7-9-13-27(25)28;22-12-25-19(10-20-11-19)21-18(23)24-9-17-15-7-3-1-5-13(15)14-6-2-4-8-16(14)17;3-2(4,5)1-6/h6-16,21,28H,17-20H2,1-5H3;1-8,12,17,20H,9-11H2,(H,21,23);1H. The molecule has 5 aromatic carbocycles. The number of ether oxygens (including phenoxy) is 7. The number of halogens is 3. The van der Waals surface area contributed by atoms with Crippen molar-refractivity contribution in [2.24, 2.45) is 0 Å². The van der Waals surface area contributed by atoms with Crippen molar-refractivity contribution < 1.29 is 75.1 Å². The summed E-state index contributed by atoms with van der Waals surface area (Å²) in [5, 5.41) is 5.59. The molecule has 3 amide bonds. The van der Waals surface area contributed by atoms with Crippen LogP contribution in [0.25, 0.3) is 22.3 Å². The summed E-state index contributed by atoms with van der Waals surface area (Å²) in [6.07, 6.45) is -7.57. The highest BCUT2D eigenvalue weighted by Gasteiger charge is 2.56. The van der Waals surface area contributed by atoms with E-state index in [9.17, 15) is 37.1 Å². The van der Waals surface area contributed by atoms with E-state index in [1.54, 1.807) is 46.1 Å². The van der Waals surface area contributed by atoms with E-state index < -0.39 is 47.8 Å². The number of methoxy groups -OCH3 is 2. The molecule has 17 nitrogen and oxygen atoms in total. The third-order valence-electron chi connectivity index (χ3n) is 12.6. The van der Waals surface area contributed by atoms with Gasteiger partial charge in [0.25, 0.3) is 12.9 Å². The van der Waals surface area contributed by atoms with Crippen LogP contribution in [0.5, 0.6) is 11.5 Å². The molecule has 0 unspecified atom stereocenters. The van der Waals surface area contributed by atoms with Crippen LogP contribution in [0.1, 0.15) is 60.4 Å². The lowest BCUT2D eigenvalue weighted by Crippen LogP contribution is -2.73. The maximum Gasteiger partial charge on any atom is 0.446 e. The summed E-state index contributed by atoms with van der Waals surface area (Å²) in [7, 11) is 3.06. The zero-order valence-corrected chi connectivity index (χ0v) is 41.1. The Kier molecular flexibility index (Phi) is 16.5. The summed E-state index contributed by atoms with van der Waals surface area (Å²) in [6.45, 7) is 6.72. The second-order valence-electron chi connectivity index (χ2n) is 18.5. The molecule has 2 N–H and O–H groups in total. The normalized spacial score (nSPS) is 15.3. The van der Waals surface area contributed by atoms with Gasteiger partial charge in [-0.1, -0.05) is 97.1 Å². The number of hydrogen-bond donors (Lipinski definition) is 2. The first kappa shape index (κ1) is 53.7. The molecule has 5 aromatic rings. The number of likely N-dealkylation sites (tertiary alicyclic amines) is 1. The first-order valence-electron chi connectivity index (χ1n) is 23.3. The number of hydrogen-bond acceptors (Lipinski definition) is 14. The molecule has 20 heteroatoms. The molecule has 2 heterocycles. The number of benzene rings is 5. The van der Waals surface area contributed by atoms with Crippen molar-refractivity contribution in [3.05, 3.63) is 143 Å². The average Bonchev–Trinajstić information content (AvgIpc) is 3.86. The van der Waals surface area contributed by atoms with Crippen LogP contribution in [0.15, 0.2) is 115 Å². The van der Waals surface area contributed by atoms with Gasteiger partial charge in [-0.25, -0.2) is 14.4 Å². The fourth-order valence-electron chi connectivity index (χ4n) is 9.07. The van der Waals surface area contributed by atoms with E-state index in [2.05, 4.69) is 47.0 Å². The van der Waals surface area contributed by atoms with Gasteiger partial charge in [-0.3, -0.25) is 29.5 Å². The lowest BCUT2D eigenvalue weighted by atomic mass is 9.98. The number of alkyl halides is 3. The molecule has 0 bridgehead atoms. The summed E-state index contributed by atoms with van der Waals surface area (Å²) < 4.78 is 69.6. The number of amides is 3. The van der Waals surface area contributed by atoms with Crippen LogP contribution < -0.4 is 20.1 Å². The quantitative estimate of drug-likeness (QED) is 0.0612. The number of carbonyl (C=O) groups is 6. The van der Waals surface area contributed by atoms with E-state index in [1.165, 1.54) is 28.0 Å². The molecule has 4 aliphatic rings. The van der Waals surface area contributed by atoms with Gasteiger partial charge in [-0.2, -0.15) is 13.2 Å². The maximum atomic E-state index is 14.0. The third kappa shape index (κ3) is 12.2. The Labute approximate surface area is 424 Å². The lowest BCUT2D eigenvalue weighted by molar-refractivity contribution is -0.206. The van der Waals surface area contributed by atoms with Gasteiger partial charge in [-0.15, -0.1) is 0 Å². The molecule has 0 radical (unpaired) electrons. The van der Waals surface area contributed by atoms with Gasteiger partial charge in [-0.05, 0) is 77.4 Å². The van der Waals surface area contributed by atoms with Crippen LogP contribution in [-0.4, -0.2) is 124 Å². The molecule has 2 fully saturated rings. The number of rotatable bonds is 14. The molecule has 0 spiro atoms. The van der Waals surface area contributed by atoms with Gasteiger partial charge >= 0.3 is 24.5 Å². The first-order valence-corrected chi connectivity index (χ1v) is 23.3. The lowest BCUT2D eigenvalue weighted by Gasteiger charge is -2.52. The smallest absolute Gasteiger partial charge is 0.446 e. The minimum Gasteiger partial charge on any atom is -0.497 e. The highest BCUT2D eigenvalue weighted by Crippen LogP contribution is 2.46. The molecule has 0 saturated carbocycles. The highest BCUT2D eigenvalue weighted by atomic mass is 19.4. The summed E-state index contributed by atoms with van der Waals surface area (Å²) >= 11 is 0. The summed E-state index contributed by atoms with van der Waals surface area (Å²) in [5.74, 6) is 0.879. The number of aldehydes is 1. The molecule has 2 saturated heterocycles. The van der Waals surface area contributed by atoms with Crippen LogP contribution in [0, 0.1) is 0 Å². The van der Waals surface area contributed by atoms with Crippen LogP contribution >= 0.6 is 0 Å². The van der Waals surface area contributed by atoms with Crippen molar-refractivity contribution in [3.8, 4) is 33.8 Å². The van der Waals surface area contributed by atoms with E-state index in [0.717, 1.165) is 33.4 Å². The SMILES string of the molecule is COc1ccc(CN(C(=O)OCC2c3ccccc3-c3ccccc32)C2(OC=O)CN(C(=O)OC(C)(C)C)C2)c(OC)c1.O=CC(F)(F)F.O=COC1(NC(=O)OCC2c3ccccc3-c3ccccc32)CNC1. The number of alkyl carbamates (subject to hydrolysis) is 1. The van der Waals surface area contributed by atoms with E-state index in [0.29, 0.717) is 36.6 Å². The molecule has 2 aliphatic carbocycles. The predicted octanol–water partition coefficient (Wildman–Crippen LogP) is 8.32. The average molecular weight is 1030 g/mol. The molecule has 9 rings (SSSR count). The van der Waals surface area contributed by atoms with Crippen molar-refractivity contribution in [3.63, 3.8) is 0 Å². The molecule has 0 aromatic heterocycles. The van der Waals surface area contributed by atoms with E-state index in [-0.39, 0.29) is 51.2 Å². The maximum absolute atomic E-state index is 14.0. The topological polar surface area (TPSA) is 198 Å². The van der Waals surface area contributed by atoms with Crippen molar-refractivity contribution in [1.82, 2.24) is 20.4 Å². The zero-order valence-electron chi connectivity index (χ0n) is 41.1. The van der Waals surface area contributed by atoms with Crippen molar-refractivity contribution in [2.45, 2.75) is 62.4 Å². The van der Waals surface area contributed by atoms with Crippen LogP contribution in [0.2, 0.25) is 0 Å². The number of carbonyl (C=O) groups excluding carboxylic acids is 6. The highest BCUT2D eigenvalue weighted by molar-refractivity contribution is 5.80. The summed E-state index contributed by atoms with van der Waals surface area (Å²) in [4.78, 5) is 72.7. The fraction of sp³-hybridized carbons (Fsp3) is 0.333. The minimum atomic E-state index is -4.64. The van der Waals surface area contributed by atoms with Crippen LogP contribution in [0.3, 0.4) is 0 Å². The van der Waals surface area contributed by atoms with Gasteiger partial charge in [0.15, 0.2) is 0 Å². The summed E-state index contributed by atoms with van der Waals surface area (Å²) in [5.41, 5.74) is 6.44. The van der Waals surface area contributed by atoms with E-state index in [4.69, 9.17) is 38.0 Å². The van der Waals surface area contributed by atoms with Gasteiger partial charge in [0.1, 0.15) is 30.3 Å². The van der Waals surface area contributed by atoms with Crippen LogP contribution in [0.4, 0.5) is 27.6 Å². The Balaban J connectivity index is 0.000000216. The minimum absolute atomic E-state index is 0.000560. The zero-order chi connectivity index (χ0) is 53.3. The Morgan fingerprint density at radius 1 is 0.703 bits per heavy atom. The van der Waals surface area contributed by atoms with Gasteiger partial charge in [0, 0.05) is 23.5 Å². The molecular formula is C54H55F3N4O13. The summed E-state index contributed by atoms with van der Waals surface area (Å²) in [6, 6.07) is 37.6. The monoisotopic (exact) mass is 1020 g/mol. The van der Waals surface area contributed by atoms with Gasteiger partial charge in [0.05, 0.1) is 46.9 Å². The van der Waals surface area contributed by atoms with Crippen LogP contribution in [-0.2, 0) is 44.6 Å². The predicted molar refractivity (Wildman–Crippen MR) is 261 cm³/mol. The second kappa shape index (κ2) is 22.7. The number of nitrogens with zero attached hydrogens (tertiary/aromatic N) is 2. The Morgan fingerprint density at radius 3 is 1.58 bits per heavy atom.